The topological polar surface area (TPSA) is 55.4 Å². The lowest BCUT2D eigenvalue weighted by atomic mass is 9.98. The number of rotatable bonds is 2. The molecule has 1 heterocycles. The summed E-state index contributed by atoms with van der Waals surface area (Å²) in [5.41, 5.74) is 4.84. The Balaban J connectivity index is 1.51. The molecule has 0 aromatic heterocycles. The van der Waals surface area contributed by atoms with Crippen LogP contribution in [0, 0.1) is 0 Å². The Labute approximate surface area is 134 Å². The lowest BCUT2D eigenvalue weighted by Gasteiger charge is -2.23. The van der Waals surface area contributed by atoms with Crippen LogP contribution in [0.1, 0.15) is 33.5 Å². The molecule has 2 aliphatic rings. The lowest BCUT2D eigenvalue weighted by Crippen LogP contribution is -2.37. The number of anilines is 1. The first kappa shape index (κ1) is 14.0. The van der Waals surface area contributed by atoms with Crippen molar-refractivity contribution < 1.29 is 14.3 Å². The van der Waals surface area contributed by atoms with Crippen LogP contribution < -0.4 is 5.32 Å². The maximum absolute atomic E-state index is 12.4. The first-order valence-corrected chi connectivity index (χ1v) is 7.92. The highest BCUT2D eigenvalue weighted by atomic mass is 16.5. The third-order valence-corrected chi connectivity index (χ3v) is 4.55. The van der Waals surface area contributed by atoms with Gasteiger partial charge in [-0.25, -0.2) is 4.79 Å². The Kier molecular flexibility index (Phi) is 3.37. The summed E-state index contributed by atoms with van der Waals surface area (Å²) in [6, 6.07) is 13.3. The van der Waals surface area contributed by atoms with E-state index in [0.29, 0.717) is 12.0 Å². The highest BCUT2D eigenvalue weighted by Crippen LogP contribution is 2.26. The maximum Gasteiger partial charge on any atom is 0.339 e. The minimum absolute atomic E-state index is 0.272. The first-order chi connectivity index (χ1) is 11.2. The summed E-state index contributed by atoms with van der Waals surface area (Å²) in [4.78, 5) is 24.4. The highest BCUT2D eigenvalue weighted by molar-refractivity contribution is 6.00. The quantitative estimate of drug-likeness (QED) is 0.868. The Hall–Kier alpha value is -2.62. The molecule has 4 heteroatoms. The van der Waals surface area contributed by atoms with Crippen LogP contribution in [0.25, 0.3) is 0 Å². The van der Waals surface area contributed by atoms with Gasteiger partial charge in [0.15, 0.2) is 6.10 Å². The number of hydrogen-bond donors (Lipinski definition) is 1. The average Bonchev–Trinajstić information content (AvgIpc) is 3.02. The summed E-state index contributed by atoms with van der Waals surface area (Å²) in [7, 11) is 0. The van der Waals surface area contributed by atoms with Gasteiger partial charge in [0.1, 0.15) is 0 Å². The van der Waals surface area contributed by atoms with Gasteiger partial charge in [0.25, 0.3) is 5.91 Å². The fraction of sp³-hybridized carbons (Fsp3) is 0.263. The van der Waals surface area contributed by atoms with E-state index in [4.69, 9.17) is 4.74 Å². The van der Waals surface area contributed by atoms with Gasteiger partial charge in [0.05, 0.1) is 5.56 Å². The molecular formula is C19H17NO3. The number of fused-ring (bicyclic) bond motifs is 2. The monoisotopic (exact) mass is 307 g/mol. The zero-order valence-electron chi connectivity index (χ0n) is 12.7. The van der Waals surface area contributed by atoms with Gasteiger partial charge in [0.2, 0.25) is 0 Å². The molecule has 0 spiro atoms. The summed E-state index contributed by atoms with van der Waals surface area (Å²) < 4.78 is 5.29. The third-order valence-electron chi connectivity index (χ3n) is 4.55. The number of esters is 1. The molecule has 0 saturated carbocycles. The summed E-state index contributed by atoms with van der Waals surface area (Å²) in [6.45, 7) is 0. The molecule has 23 heavy (non-hydrogen) atoms. The van der Waals surface area contributed by atoms with Crippen molar-refractivity contribution in [2.45, 2.75) is 31.8 Å². The van der Waals surface area contributed by atoms with E-state index in [1.165, 1.54) is 17.5 Å². The molecule has 2 aromatic rings. The van der Waals surface area contributed by atoms with Crippen LogP contribution >= 0.6 is 0 Å². The van der Waals surface area contributed by atoms with E-state index < -0.39 is 12.1 Å². The molecule has 1 aliphatic heterocycles. The van der Waals surface area contributed by atoms with Gasteiger partial charge in [-0.15, -0.1) is 0 Å². The molecule has 1 aliphatic carbocycles. The number of hydrogen-bond acceptors (Lipinski definition) is 3. The number of nitrogens with one attached hydrogen (secondary N) is 1. The van der Waals surface area contributed by atoms with E-state index in [-0.39, 0.29) is 5.91 Å². The minimum atomic E-state index is -0.773. The Morgan fingerprint density at radius 3 is 2.78 bits per heavy atom. The summed E-state index contributed by atoms with van der Waals surface area (Å²) in [5, 5.41) is 2.88. The molecule has 4 nitrogen and oxygen atoms in total. The van der Waals surface area contributed by atoms with Crippen molar-refractivity contribution in [2.24, 2.45) is 0 Å². The van der Waals surface area contributed by atoms with E-state index in [0.717, 1.165) is 24.1 Å². The van der Waals surface area contributed by atoms with E-state index in [1.807, 2.05) is 24.3 Å². The summed E-state index contributed by atoms with van der Waals surface area (Å²) in [5.74, 6) is -0.702. The number of ether oxygens (including phenoxy) is 1. The molecule has 1 N–H and O–H groups in total. The van der Waals surface area contributed by atoms with Crippen LogP contribution in [-0.4, -0.2) is 18.0 Å². The largest absolute Gasteiger partial charge is 0.448 e. The number of benzene rings is 2. The van der Waals surface area contributed by atoms with Crippen molar-refractivity contribution >= 4 is 17.6 Å². The maximum atomic E-state index is 12.4. The predicted octanol–water partition coefficient (Wildman–Crippen LogP) is 2.90. The van der Waals surface area contributed by atoms with Crippen molar-refractivity contribution in [3.05, 3.63) is 64.7 Å². The van der Waals surface area contributed by atoms with Crippen LogP contribution in [0.5, 0.6) is 0 Å². The number of carbonyl (C=O) groups excluding carboxylic acids is 2. The summed E-state index contributed by atoms with van der Waals surface area (Å²) >= 11 is 0. The molecule has 0 saturated heterocycles. The SMILES string of the molecule is O=C1OC(C(=O)Nc2ccc3c(c2)CCC3)Cc2ccccc21. The Bertz CT molecular complexity index is 797. The Morgan fingerprint density at radius 1 is 1.04 bits per heavy atom. The molecule has 4 rings (SSSR count). The third kappa shape index (κ3) is 2.61. The van der Waals surface area contributed by atoms with Gasteiger partial charge in [-0.1, -0.05) is 24.3 Å². The van der Waals surface area contributed by atoms with E-state index in [1.54, 1.807) is 12.1 Å². The van der Waals surface area contributed by atoms with Gasteiger partial charge in [0, 0.05) is 12.1 Å². The Morgan fingerprint density at radius 2 is 1.87 bits per heavy atom. The second-order valence-corrected chi connectivity index (χ2v) is 6.08. The molecule has 0 bridgehead atoms. The number of cyclic esters (lactones) is 1. The molecule has 0 radical (unpaired) electrons. The minimum Gasteiger partial charge on any atom is -0.448 e. The van der Waals surface area contributed by atoms with Crippen LogP contribution in [-0.2, 0) is 28.8 Å². The molecule has 1 unspecified atom stereocenters. The van der Waals surface area contributed by atoms with Gasteiger partial charge < -0.3 is 10.1 Å². The highest BCUT2D eigenvalue weighted by Gasteiger charge is 2.31. The van der Waals surface area contributed by atoms with E-state index >= 15 is 0 Å². The van der Waals surface area contributed by atoms with Crippen LogP contribution in [0.2, 0.25) is 0 Å². The van der Waals surface area contributed by atoms with Crippen molar-refractivity contribution in [2.75, 3.05) is 5.32 Å². The molecular weight excluding hydrogens is 290 g/mol. The first-order valence-electron chi connectivity index (χ1n) is 7.92. The van der Waals surface area contributed by atoms with Crippen LogP contribution in [0.4, 0.5) is 5.69 Å². The standard InChI is InChI=1S/C19H17NO3/c21-18(20-15-9-8-12-5-3-6-13(12)10-15)17-11-14-4-1-2-7-16(14)19(22)23-17/h1-2,4,7-10,17H,3,5-6,11H2,(H,20,21). The zero-order valence-corrected chi connectivity index (χ0v) is 12.7. The second kappa shape index (κ2) is 5.54. The second-order valence-electron chi connectivity index (χ2n) is 6.08. The number of carbonyl (C=O) groups is 2. The van der Waals surface area contributed by atoms with Crippen molar-refractivity contribution in [3.8, 4) is 0 Å². The zero-order chi connectivity index (χ0) is 15.8. The van der Waals surface area contributed by atoms with Gasteiger partial charge >= 0.3 is 5.97 Å². The lowest BCUT2D eigenvalue weighted by molar-refractivity contribution is -0.125. The van der Waals surface area contributed by atoms with Crippen LogP contribution in [0.15, 0.2) is 42.5 Å². The van der Waals surface area contributed by atoms with E-state index in [9.17, 15) is 9.59 Å². The van der Waals surface area contributed by atoms with Crippen molar-refractivity contribution in [3.63, 3.8) is 0 Å². The smallest absolute Gasteiger partial charge is 0.339 e. The van der Waals surface area contributed by atoms with Gasteiger partial charge in [-0.05, 0) is 54.2 Å². The molecule has 116 valence electrons. The predicted molar refractivity (Wildman–Crippen MR) is 86.4 cm³/mol. The van der Waals surface area contributed by atoms with E-state index in [2.05, 4.69) is 11.4 Å². The molecule has 0 fully saturated rings. The average molecular weight is 307 g/mol. The molecule has 1 amide bonds. The van der Waals surface area contributed by atoms with Crippen molar-refractivity contribution in [1.29, 1.82) is 0 Å². The molecule has 1 atom stereocenters. The fourth-order valence-corrected chi connectivity index (χ4v) is 3.35. The number of aryl methyl sites for hydroxylation is 2. The number of amides is 1. The normalized spacial score (nSPS) is 18.8. The molecule has 2 aromatic carbocycles. The van der Waals surface area contributed by atoms with Gasteiger partial charge in [-0.3, -0.25) is 4.79 Å². The summed E-state index contributed by atoms with van der Waals surface area (Å²) in [6.07, 6.45) is 2.99. The van der Waals surface area contributed by atoms with Crippen LogP contribution in [0.3, 0.4) is 0 Å². The fourth-order valence-electron chi connectivity index (χ4n) is 3.35. The van der Waals surface area contributed by atoms with Gasteiger partial charge in [-0.2, -0.15) is 0 Å². The van der Waals surface area contributed by atoms with Crippen molar-refractivity contribution in [1.82, 2.24) is 0 Å².